The molecule has 0 aliphatic carbocycles. The van der Waals surface area contributed by atoms with E-state index >= 15 is 0 Å². The second-order valence-corrected chi connectivity index (χ2v) is 1.91. The topological polar surface area (TPSA) is 36.2 Å². The molecule has 1 N–H and O–H groups in total. The summed E-state index contributed by atoms with van der Waals surface area (Å²) in [5.74, 6) is 0. The van der Waals surface area contributed by atoms with Gasteiger partial charge in [0.25, 0.3) is 0 Å². The highest BCUT2D eigenvalue weighted by Gasteiger charge is 1.74. The summed E-state index contributed by atoms with van der Waals surface area (Å²) < 4.78 is 1.86. The van der Waals surface area contributed by atoms with E-state index in [4.69, 9.17) is 5.41 Å². The third-order valence-corrected chi connectivity index (χ3v) is 0.932. The SMILES string of the molecule is CC(/C=C\I)=N/C=N. The van der Waals surface area contributed by atoms with Gasteiger partial charge in [-0.2, -0.15) is 0 Å². The maximum Gasteiger partial charge on any atom is 0.107 e. The second-order valence-electron chi connectivity index (χ2n) is 1.19. The van der Waals surface area contributed by atoms with Gasteiger partial charge in [-0.15, -0.1) is 0 Å². The summed E-state index contributed by atoms with van der Waals surface area (Å²) in [6.07, 6.45) is 2.87. The molecule has 0 spiro atoms. The van der Waals surface area contributed by atoms with E-state index in [-0.39, 0.29) is 0 Å². The van der Waals surface area contributed by atoms with Crippen LogP contribution in [0.25, 0.3) is 0 Å². The lowest BCUT2D eigenvalue weighted by Crippen LogP contribution is -1.81. The van der Waals surface area contributed by atoms with E-state index in [0.717, 1.165) is 12.1 Å². The van der Waals surface area contributed by atoms with Crippen LogP contribution in [0.1, 0.15) is 6.92 Å². The third-order valence-electron chi connectivity index (χ3n) is 0.572. The maximum absolute atomic E-state index is 6.56. The first-order chi connectivity index (χ1) is 3.81. The molecule has 0 heterocycles. The fourth-order valence-electron chi connectivity index (χ4n) is 0.236. The highest BCUT2D eigenvalue weighted by Crippen LogP contribution is 1.85. The number of nitrogens with one attached hydrogen (secondary N) is 1. The van der Waals surface area contributed by atoms with Gasteiger partial charge in [0.2, 0.25) is 0 Å². The third kappa shape index (κ3) is 3.98. The molecule has 0 saturated heterocycles. The van der Waals surface area contributed by atoms with Gasteiger partial charge in [-0.05, 0) is 17.1 Å². The van der Waals surface area contributed by atoms with Gasteiger partial charge in [0.15, 0.2) is 0 Å². The first kappa shape index (κ1) is 7.81. The van der Waals surface area contributed by atoms with Crippen molar-refractivity contribution in [1.82, 2.24) is 0 Å². The number of hydrogen-bond donors (Lipinski definition) is 1. The zero-order valence-corrected chi connectivity index (χ0v) is 6.71. The van der Waals surface area contributed by atoms with Crippen LogP contribution in [-0.2, 0) is 0 Å². The van der Waals surface area contributed by atoms with Crippen LogP contribution in [0, 0.1) is 5.41 Å². The number of aliphatic imine (C=N–C) groups is 1. The highest BCUT2D eigenvalue weighted by molar-refractivity contribution is 14.1. The minimum atomic E-state index is 0.856. The molecular weight excluding hydrogens is 215 g/mol. The standard InChI is InChI=1S/C5H7IN2/c1-5(2-3-6)8-4-7/h2-4,7H,1H3/b3-2-,7-4?,8-5-. The summed E-state index contributed by atoms with van der Waals surface area (Å²) in [5, 5.41) is 6.56. The molecule has 0 rings (SSSR count). The lowest BCUT2D eigenvalue weighted by Gasteiger charge is -1.80. The molecule has 0 aromatic rings. The Labute approximate surface area is 62.4 Å². The molecule has 0 atom stereocenters. The lowest BCUT2D eigenvalue weighted by atomic mass is 10.4. The van der Waals surface area contributed by atoms with Gasteiger partial charge in [0.1, 0.15) is 6.34 Å². The average molecular weight is 222 g/mol. The number of nitrogens with zero attached hydrogens (tertiary/aromatic N) is 1. The van der Waals surface area contributed by atoms with Crippen LogP contribution in [-0.4, -0.2) is 12.1 Å². The summed E-state index contributed by atoms with van der Waals surface area (Å²) in [4.78, 5) is 3.68. The Morgan fingerprint density at radius 2 is 2.38 bits per heavy atom. The summed E-state index contributed by atoms with van der Waals surface area (Å²) in [5.41, 5.74) is 0.856. The number of halogens is 1. The normalized spacial score (nSPS) is 12.5. The summed E-state index contributed by atoms with van der Waals surface area (Å²) in [6.45, 7) is 1.85. The van der Waals surface area contributed by atoms with Gasteiger partial charge >= 0.3 is 0 Å². The fraction of sp³-hybridized carbons (Fsp3) is 0.200. The van der Waals surface area contributed by atoms with E-state index in [0.29, 0.717) is 0 Å². The summed E-state index contributed by atoms with van der Waals surface area (Å²) in [7, 11) is 0. The van der Waals surface area contributed by atoms with Crippen molar-refractivity contribution in [3.63, 3.8) is 0 Å². The Balaban J connectivity index is 3.79. The monoisotopic (exact) mass is 222 g/mol. The summed E-state index contributed by atoms with van der Waals surface area (Å²) in [6, 6.07) is 0. The summed E-state index contributed by atoms with van der Waals surface area (Å²) >= 11 is 2.11. The van der Waals surface area contributed by atoms with Gasteiger partial charge in [0.05, 0.1) is 0 Å². The van der Waals surface area contributed by atoms with Gasteiger partial charge in [0, 0.05) is 5.71 Å². The Bertz CT molecular complexity index is 126. The minimum Gasteiger partial charge on any atom is -0.290 e. The van der Waals surface area contributed by atoms with Gasteiger partial charge < -0.3 is 0 Å². The molecule has 0 saturated carbocycles. The van der Waals surface area contributed by atoms with E-state index in [1.807, 2.05) is 17.1 Å². The van der Waals surface area contributed by atoms with Crippen LogP contribution in [0.2, 0.25) is 0 Å². The first-order valence-corrected chi connectivity index (χ1v) is 3.36. The van der Waals surface area contributed by atoms with Crippen LogP contribution < -0.4 is 0 Å². The molecule has 3 heteroatoms. The quantitative estimate of drug-likeness (QED) is 0.421. The number of rotatable bonds is 2. The molecule has 8 heavy (non-hydrogen) atoms. The molecule has 44 valence electrons. The van der Waals surface area contributed by atoms with E-state index < -0.39 is 0 Å². The molecule has 0 aromatic heterocycles. The Kier molecular flexibility index (Phi) is 4.84. The second kappa shape index (κ2) is 4.96. The van der Waals surface area contributed by atoms with Gasteiger partial charge in [-0.3, -0.25) is 5.41 Å². The molecule has 0 fully saturated rings. The predicted molar refractivity (Wildman–Crippen MR) is 45.1 cm³/mol. The number of hydrogen-bond acceptors (Lipinski definition) is 1. The largest absolute Gasteiger partial charge is 0.290 e. The average Bonchev–Trinajstić information content (AvgIpc) is 1.68. The zero-order valence-electron chi connectivity index (χ0n) is 4.56. The van der Waals surface area contributed by atoms with Crippen molar-refractivity contribution in [2.24, 2.45) is 4.99 Å². The van der Waals surface area contributed by atoms with E-state index in [9.17, 15) is 0 Å². The Morgan fingerprint density at radius 3 is 2.75 bits per heavy atom. The Morgan fingerprint density at radius 1 is 1.75 bits per heavy atom. The van der Waals surface area contributed by atoms with Crippen molar-refractivity contribution in [2.45, 2.75) is 6.92 Å². The molecule has 0 radical (unpaired) electrons. The molecule has 0 aromatic carbocycles. The lowest BCUT2D eigenvalue weighted by molar-refractivity contribution is 1.51. The van der Waals surface area contributed by atoms with Crippen molar-refractivity contribution in [3.8, 4) is 0 Å². The van der Waals surface area contributed by atoms with E-state index in [1.165, 1.54) is 0 Å². The molecule has 2 nitrogen and oxygen atoms in total. The molecule has 0 amide bonds. The van der Waals surface area contributed by atoms with Crippen LogP contribution in [0.3, 0.4) is 0 Å². The van der Waals surface area contributed by atoms with Crippen LogP contribution in [0.4, 0.5) is 0 Å². The molecular formula is C5H7IN2. The smallest absolute Gasteiger partial charge is 0.107 e. The van der Waals surface area contributed by atoms with Crippen molar-refractivity contribution >= 4 is 34.6 Å². The molecule has 0 aliphatic rings. The Hall–Kier alpha value is -0.190. The van der Waals surface area contributed by atoms with E-state index in [2.05, 4.69) is 27.6 Å². The minimum absolute atomic E-state index is 0.856. The van der Waals surface area contributed by atoms with Crippen molar-refractivity contribution in [2.75, 3.05) is 0 Å². The van der Waals surface area contributed by atoms with Crippen molar-refractivity contribution in [3.05, 3.63) is 10.2 Å². The predicted octanol–water partition coefficient (Wildman–Crippen LogP) is 2.00. The molecule has 0 bridgehead atoms. The van der Waals surface area contributed by atoms with Gasteiger partial charge in [-0.1, -0.05) is 22.6 Å². The van der Waals surface area contributed by atoms with Crippen molar-refractivity contribution < 1.29 is 0 Å². The molecule has 0 aliphatic heterocycles. The van der Waals surface area contributed by atoms with E-state index in [1.54, 1.807) is 0 Å². The van der Waals surface area contributed by atoms with Crippen molar-refractivity contribution in [1.29, 1.82) is 5.41 Å². The van der Waals surface area contributed by atoms with Gasteiger partial charge in [-0.25, -0.2) is 4.99 Å². The zero-order chi connectivity index (χ0) is 6.41. The highest BCUT2D eigenvalue weighted by atomic mass is 127. The van der Waals surface area contributed by atoms with Crippen LogP contribution in [0.5, 0.6) is 0 Å². The number of allylic oxidation sites excluding steroid dienone is 1. The first-order valence-electron chi connectivity index (χ1n) is 2.11. The van der Waals surface area contributed by atoms with Crippen LogP contribution in [0.15, 0.2) is 15.2 Å². The molecule has 0 unspecified atom stereocenters. The van der Waals surface area contributed by atoms with Crippen LogP contribution >= 0.6 is 22.6 Å². The fourth-order valence-corrected chi connectivity index (χ4v) is 0.756. The maximum atomic E-state index is 6.56.